The third kappa shape index (κ3) is 5.46. The van der Waals surface area contributed by atoms with Crippen LogP contribution >= 0.6 is 0 Å². The molecule has 0 heterocycles. The summed E-state index contributed by atoms with van der Waals surface area (Å²) in [5, 5.41) is 9.70. The molecule has 5 nitrogen and oxygen atoms in total. The van der Waals surface area contributed by atoms with Crippen molar-refractivity contribution in [2.24, 2.45) is 0 Å². The Bertz CT molecular complexity index is 382. The molecule has 0 aliphatic rings. The first-order valence-corrected chi connectivity index (χ1v) is 6.18. The van der Waals surface area contributed by atoms with E-state index in [1.165, 1.54) is 0 Å². The van der Waals surface area contributed by atoms with Gasteiger partial charge in [-0.3, -0.25) is 0 Å². The first-order chi connectivity index (χ1) is 9.06. The van der Waals surface area contributed by atoms with Crippen LogP contribution in [0.15, 0.2) is 18.2 Å². The second-order valence-corrected chi connectivity index (χ2v) is 4.61. The maximum atomic E-state index is 9.70. The molecule has 0 bridgehead atoms. The lowest BCUT2D eigenvalue weighted by molar-refractivity contribution is 0.0163. The van der Waals surface area contributed by atoms with Crippen LogP contribution in [0.3, 0.4) is 0 Å². The van der Waals surface area contributed by atoms with E-state index in [1.807, 2.05) is 37.2 Å². The van der Waals surface area contributed by atoms with E-state index < -0.39 is 6.10 Å². The first kappa shape index (κ1) is 15.8. The van der Waals surface area contributed by atoms with Crippen molar-refractivity contribution in [3.05, 3.63) is 23.8 Å². The number of aliphatic hydroxyl groups is 1. The molecule has 0 saturated carbocycles. The second kappa shape index (κ2) is 7.99. The summed E-state index contributed by atoms with van der Waals surface area (Å²) in [6.07, 6.45) is -0.494. The number of hydrogen-bond acceptors (Lipinski definition) is 5. The predicted octanol–water partition coefficient (Wildman–Crippen LogP) is 1.14. The maximum Gasteiger partial charge on any atom is 0.124 e. The zero-order chi connectivity index (χ0) is 14.3. The van der Waals surface area contributed by atoms with E-state index in [9.17, 15) is 5.11 Å². The smallest absolute Gasteiger partial charge is 0.124 e. The Morgan fingerprint density at radius 3 is 2.53 bits per heavy atom. The summed E-state index contributed by atoms with van der Waals surface area (Å²) in [6.45, 7) is 1.25. The van der Waals surface area contributed by atoms with Gasteiger partial charge in [-0.25, -0.2) is 0 Å². The molecule has 0 amide bonds. The summed E-state index contributed by atoms with van der Waals surface area (Å²) in [5.74, 6) is 1.51. The van der Waals surface area contributed by atoms with Crippen LogP contribution < -0.4 is 9.47 Å². The SMILES string of the molecule is COc1ccc(OC)c(COC[C@@H](O)CN(C)C)c1. The summed E-state index contributed by atoms with van der Waals surface area (Å²) in [4.78, 5) is 1.92. The van der Waals surface area contributed by atoms with Crippen molar-refractivity contribution in [1.82, 2.24) is 4.90 Å². The Hall–Kier alpha value is -1.30. The van der Waals surface area contributed by atoms with Crippen LogP contribution in [0.25, 0.3) is 0 Å². The molecule has 0 unspecified atom stereocenters. The molecule has 1 rings (SSSR count). The summed E-state index contributed by atoms with van der Waals surface area (Å²) in [6, 6.07) is 5.55. The quantitative estimate of drug-likeness (QED) is 0.767. The molecule has 1 atom stereocenters. The van der Waals surface area contributed by atoms with E-state index >= 15 is 0 Å². The maximum absolute atomic E-state index is 9.70. The molecular weight excluding hydrogens is 246 g/mol. The third-order valence-corrected chi connectivity index (χ3v) is 2.63. The molecule has 1 aromatic carbocycles. The summed E-state index contributed by atoms with van der Waals surface area (Å²) in [5.41, 5.74) is 0.902. The molecule has 0 aliphatic heterocycles. The van der Waals surface area contributed by atoms with Crippen LogP contribution in [-0.2, 0) is 11.3 Å². The van der Waals surface area contributed by atoms with Gasteiger partial charge in [0.1, 0.15) is 11.5 Å². The number of hydrogen-bond donors (Lipinski definition) is 1. The molecule has 0 saturated heterocycles. The Kier molecular flexibility index (Phi) is 6.62. The Balaban J connectivity index is 2.51. The minimum absolute atomic E-state index is 0.290. The predicted molar refractivity (Wildman–Crippen MR) is 73.8 cm³/mol. The Labute approximate surface area is 114 Å². The average Bonchev–Trinajstić information content (AvgIpc) is 2.37. The molecule has 0 spiro atoms. The third-order valence-electron chi connectivity index (χ3n) is 2.63. The van der Waals surface area contributed by atoms with E-state index in [-0.39, 0.29) is 0 Å². The van der Waals surface area contributed by atoms with E-state index in [2.05, 4.69) is 0 Å². The monoisotopic (exact) mass is 269 g/mol. The standard InChI is InChI=1S/C14H23NO4/c1-15(2)8-12(16)10-19-9-11-7-13(17-3)5-6-14(11)18-4/h5-7,12,16H,8-10H2,1-4H3/t12-/m0/s1. The van der Waals surface area contributed by atoms with Crippen LogP contribution in [-0.4, -0.2) is 57.6 Å². The highest BCUT2D eigenvalue weighted by Crippen LogP contribution is 2.24. The highest BCUT2D eigenvalue weighted by Gasteiger charge is 2.08. The largest absolute Gasteiger partial charge is 0.497 e. The number of aliphatic hydroxyl groups excluding tert-OH is 1. The van der Waals surface area contributed by atoms with Gasteiger partial charge < -0.3 is 24.2 Å². The summed E-state index contributed by atoms with van der Waals surface area (Å²) >= 11 is 0. The molecule has 0 aromatic heterocycles. The molecular formula is C14H23NO4. The number of nitrogens with zero attached hydrogens (tertiary/aromatic N) is 1. The fourth-order valence-corrected chi connectivity index (χ4v) is 1.77. The average molecular weight is 269 g/mol. The Morgan fingerprint density at radius 2 is 1.95 bits per heavy atom. The highest BCUT2D eigenvalue weighted by atomic mass is 16.5. The fourth-order valence-electron chi connectivity index (χ4n) is 1.77. The number of likely N-dealkylation sites (N-methyl/N-ethyl adjacent to an activating group) is 1. The van der Waals surface area contributed by atoms with Gasteiger partial charge in [-0.1, -0.05) is 0 Å². The van der Waals surface area contributed by atoms with Gasteiger partial charge in [0, 0.05) is 12.1 Å². The minimum atomic E-state index is -0.494. The molecule has 19 heavy (non-hydrogen) atoms. The fraction of sp³-hybridized carbons (Fsp3) is 0.571. The van der Waals surface area contributed by atoms with Crippen LogP contribution in [0.2, 0.25) is 0 Å². The molecule has 1 aromatic rings. The second-order valence-electron chi connectivity index (χ2n) is 4.61. The van der Waals surface area contributed by atoms with Crippen molar-refractivity contribution in [3.8, 4) is 11.5 Å². The van der Waals surface area contributed by atoms with Crippen molar-refractivity contribution in [1.29, 1.82) is 0 Å². The van der Waals surface area contributed by atoms with E-state index in [0.29, 0.717) is 19.8 Å². The van der Waals surface area contributed by atoms with Gasteiger partial charge >= 0.3 is 0 Å². The molecule has 1 N–H and O–H groups in total. The van der Waals surface area contributed by atoms with Gasteiger partial charge in [-0.2, -0.15) is 0 Å². The van der Waals surface area contributed by atoms with Crippen LogP contribution in [0, 0.1) is 0 Å². The zero-order valence-corrected chi connectivity index (χ0v) is 12.0. The number of ether oxygens (including phenoxy) is 3. The van der Waals surface area contributed by atoms with Crippen LogP contribution in [0.1, 0.15) is 5.56 Å². The highest BCUT2D eigenvalue weighted by molar-refractivity contribution is 5.39. The van der Waals surface area contributed by atoms with E-state index in [4.69, 9.17) is 14.2 Å². The summed E-state index contributed by atoms with van der Waals surface area (Å²) < 4.78 is 15.9. The van der Waals surface area contributed by atoms with Crippen molar-refractivity contribution in [2.75, 3.05) is 41.5 Å². The van der Waals surface area contributed by atoms with Gasteiger partial charge in [0.2, 0.25) is 0 Å². The van der Waals surface area contributed by atoms with Crippen molar-refractivity contribution < 1.29 is 19.3 Å². The van der Waals surface area contributed by atoms with Gasteiger partial charge in [-0.05, 0) is 32.3 Å². The van der Waals surface area contributed by atoms with Gasteiger partial charge in [0.25, 0.3) is 0 Å². The van der Waals surface area contributed by atoms with Crippen LogP contribution in [0.5, 0.6) is 11.5 Å². The summed E-state index contributed by atoms with van der Waals surface area (Å²) in [7, 11) is 7.06. The zero-order valence-electron chi connectivity index (χ0n) is 12.0. The van der Waals surface area contributed by atoms with Gasteiger partial charge in [0.05, 0.1) is 33.5 Å². The van der Waals surface area contributed by atoms with Crippen LogP contribution in [0.4, 0.5) is 0 Å². The van der Waals surface area contributed by atoms with Gasteiger partial charge in [0.15, 0.2) is 0 Å². The van der Waals surface area contributed by atoms with E-state index in [0.717, 1.165) is 17.1 Å². The molecule has 0 fully saturated rings. The van der Waals surface area contributed by atoms with Crippen molar-refractivity contribution in [3.63, 3.8) is 0 Å². The molecule has 5 heteroatoms. The van der Waals surface area contributed by atoms with Crippen molar-refractivity contribution in [2.45, 2.75) is 12.7 Å². The lowest BCUT2D eigenvalue weighted by atomic mass is 10.2. The van der Waals surface area contributed by atoms with Gasteiger partial charge in [-0.15, -0.1) is 0 Å². The lowest BCUT2D eigenvalue weighted by Crippen LogP contribution is -2.29. The Morgan fingerprint density at radius 1 is 1.21 bits per heavy atom. The normalized spacial score (nSPS) is 12.5. The minimum Gasteiger partial charge on any atom is -0.497 e. The number of benzene rings is 1. The molecule has 108 valence electrons. The number of rotatable bonds is 8. The molecule has 0 radical (unpaired) electrons. The topological polar surface area (TPSA) is 51.2 Å². The van der Waals surface area contributed by atoms with E-state index in [1.54, 1.807) is 14.2 Å². The first-order valence-electron chi connectivity index (χ1n) is 6.18. The molecule has 0 aliphatic carbocycles. The number of methoxy groups -OCH3 is 2. The van der Waals surface area contributed by atoms with Crippen molar-refractivity contribution >= 4 is 0 Å². The lowest BCUT2D eigenvalue weighted by Gasteiger charge is -2.16.